The van der Waals surface area contributed by atoms with E-state index in [9.17, 15) is 14.4 Å². The number of anilines is 1. The van der Waals surface area contributed by atoms with Crippen molar-refractivity contribution >= 4 is 52.2 Å². The van der Waals surface area contributed by atoms with Crippen LogP contribution in [0.25, 0.3) is 6.08 Å². The molecule has 36 heavy (non-hydrogen) atoms. The first-order chi connectivity index (χ1) is 17.4. The molecule has 0 aliphatic carbocycles. The second-order valence-electron chi connectivity index (χ2n) is 7.93. The zero-order chi connectivity index (χ0) is 25.7. The maximum atomic E-state index is 12.9. The number of amides is 3. The van der Waals surface area contributed by atoms with E-state index in [4.69, 9.17) is 21.1 Å². The number of nitrogens with zero attached hydrogens (tertiary/aromatic N) is 1. The van der Waals surface area contributed by atoms with Crippen LogP contribution < -0.4 is 14.8 Å². The number of para-hydroxylation sites is 1. The third-order valence-corrected chi connectivity index (χ3v) is 6.60. The quantitative estimate of drug-likeness (QED) is 0.370. The molecule has 3 amide bonds. The van der Waals surface area contributed by atoms with E-state index < -0.39 is 17.1 Å². The van der Waals surface area contributed by atoms with E-state index in [0.717, 1.165) is 27.8 Å². The van der Waals surface area contributed by atoms with Gasteiger partial charge in [-0.25, -0.2) is 0 Å². The Bertz CT molecular complexity index is 1340. The number of ether oxygens (including phenoxy) is 2. The monoisotopic (exact) mass is 522 g/mol. The number of benzene rings is 3. The standard InChI is InChI=1S/C27H23ClN2O5S/c1-17-8-6-7-9-19(17)16-35-25-21(28)12-18(13-22(25)34-2)14-23-26(32)30(27(33)36-23)15-24(31)29-20-10-4-3-5-11-20/h3-14H,15-16H2,1-2H3,(H,29,31)/b23-14-. The Kier molecular flexibility index (Phi) is 7.97. The number of methoxy groups -OCH3 is 1. The Morgan fingerprint density at radius 2 is 1.81 bits per heavy atom. The van der Waals surface area contributed by atoms with E-state index in [1.165, 1.54) is 7.11 Å². The summed E-state index contributed by atoms with van der Waals surface area (Å²) in [5.74, 6) is -0.248. The van der Waals surface area contributed by atoms with Crippen LogP contribution in [-0.4, -0.2) is 35.6 Å². The Labute approximate surface area is 218 Å². The molecule has 1 saturated heterocycles. The van der Waals surface area contributed by atoms with Crippen LogP contribution in [0.5, 0.6) is 11.5 Å². The fourth-order valence-electron chi connectivity index (χ4n) is 3.54. The molecular weight excluding hydrogens is 500 g/mol. The van der Waals surface area contributed by atoms with Gasteiger partial charge in [0.05, 0.1) is 17.0 Å². The van der Waals surface area contributed by atoms with Crippen LogP contribution in [0.3, 0.4) is 0 Å². The van der Waals surface area contributed by atoms with Gasteiger partial charge in [0.25, 0.3) is 11.1 Å². The fraction of sp³-hybridized carbons (Fsp3) is 0.148. The summed E-state index contributed by atoms with van der Waals surface area (Å²) in [4.78, 5) is 38.7. The Morgan fingerprint density at radius 1 is 1.08 bits per heavy atom. The van der Waals surface area contributed by atoms with Crippen LogP contribution in [0.15, 0.2) is 71.6 Å². The van der Waals surface area contributed by atoms with Crippen molar-refractivity contribution in [3.8, 4) is 11.5 Å². The minimum atomic E-state index is -0.553. The predicted octanol–water partition coefficient (Wildman–Crippen LogP) is 5.91. The van der Waals surface area contributed by atoms with Gasteiger partial charge >= 0.3 is 0 Å². The van der Waals surface area contributed by atoms with Crippen molar-refractivity contribution in [1.29, 1.82) is 0 Å². The molecule has 0 unspecified atom stereocenters. The van der Waals surface area contributed by atoms with Gasteiger partial charge in [0.1, 0.15) is 13.2 Å². The molecule has 3 aromatic carbocycles. The fourth-order valence-corrected chi connectivity index (χ4v) is 4.65. The number of carbonyl (C=O) groups is 3. The lowest BCUT2D eigenvalue weighted by Crippen LogP contribution is -2.36. The van der Waals surface area contributed by atoms with Crippen molar-refractivity contribution in [2.75, 3.05) is 19.0 Å². The third kappa shape index (κ3) is 5.90. The van der Waals surface area contributed by atoms with Crippen molar-refractivity contribution in [3.05, 3.63) is 93.3 Å². The molecule has 0 bridgehead atoms. The Hall–Kier alpha value is -3.75. The van der Waals surface area contributed by atoms with Gasteiger partial charge in [-0.1, -0.05) is 54.1 Å². The number of hydrogen-bond donors (Lipinski definition) is 1. The minimum Gasteiger partial charge on any atom is -0.493 e. The largest absolute Gasteiger partial charge is 0.493 e. The van der Waals surface area contributed by atoms with Gasteiger partial charge in [-0.05, 0) is 65.7 Å². The maximum Gasteiger partial charge on any atom is 0.294 e. The summed E-state index contributed by atoms with van der Waals surface area (Å²) in [6, 6.07) is 20.0. The number of thioether (sulfide) groups is 1. The summed E-state index contributed by atoms with van der Waals surface area (Å²) in [6.07, 6.45) is 1.54. The first-order valence-electron chi connectivity index (χ1n) is 11.0. The first kappa shape index (κ1) is 25.3. The highest BCUT2D eigenvalue weighted by molar-refractivity contribution is 8.18. The molecule has 1 N–H and O–H groups in total. The zero-order valence-corrected chi connectivity index (χ0v) is 21.2. The number of carbonyl (C=O) groups excluding carboxylic acids is 3. The van der Waals surface area contributed by atoms with Crippen LogP contribution >= 0.6 is 23.4 Å². The molecule has 184 valence electrons. The number of imide groups is 1. The molecule has 0 atom stereocenters. The molecule has 7 nitrogen and oxygen atoms in total. The summed E-state index contributed by atoms with van der Waals surface area (Å²) >= 11 is 7.25. The molecule has 1 heterocycles. The smallest absolute Gasteiger partial charge is 0.294 e. The van der Waals surface area contributed by atoms with Gasteiger partial charge < -0.3 is 14.8 Å². The van der Waals surface area contributed by atoms with Gasteiger partial charge in [-0.15, -0.1) is 0 Å². The molecular formula is C27H23ClN2O5S. The molecule has 1 aliphatic heterocycles. The molecule has 0 saturated carbocycles. The highest BCUT2D eigenvalue weighted by Gasteiger charge is 2.36. The molecule has 9 heteroatoms. The van der Waals surface area contributed by atoms with Crippen LogP contribution in [0, 0.1) is 6.92 Å². The van der Waals surface area contributed by atoms with Crippen molar-refractivity contribution in [2.24, 2.45) is 0 Å². The van der Waals surface area contributed by atoms with Crippen molar-refractivity contribution in [1.82, 2.24) is 4.90 Å². The molecule has 1 aliphatic rings. The number of aryl methyl sites for hydroxylation is 1. The van der Waals surface area contributed by atoms with Gasteiger partial charge in [-0.3, -0.25) is 19.3 Å². The lowest BCUT2D eigenvalue weighted by Gasteiger charge is -2.14. The van der Waals surface area contributed by atoms with Crippen LogP contribution in [0.4, 0.5) is 10.5 Å². The zero-order valence-electron chi connectivity index (χ0n) is 19.6. The summed E-state index contributed by atoms with van der Waals surface area (Å²) in [7, 11) is 1.50. The number of hydrogen-bond acceptors (Lipinski definition) is 6. The molecule has 3 aromatic rings. The van der Waals surface area contributed by atoms with E-state index in [1.54, 1.807) is 42.5 Å². The average molecular weight is 523 g/mol. The second kappa shape index (κ2) is 11.3. The summed E-state index contributed by atoms with van der Waals surface area (Å²) in [5.41, 5.74) is 3.25. The molecule has 0 spiro atoms. The first-order valence-corrected chi connectivity index (χ1v) is 12.2. The van der Waals surface area contributed by atoms with E-state index in [0.29, 0.717) is 34.4 Å². The van der Waals surface area contributed by atoms with Crippen LogP contribution in [0.2, 0.25) is 5.02 Å². The molecule has 1 fully saturated rings. The number of halogens is 1. The Morgan fingerprint density at radius 3 is 2.53 bits per heavy atom. The van der Waals surface area contributed by atoms with E-state index in [-0.39, 0.29) is 11.4 Å². The normalized spacial score (nSPS) is 14.3. The Balaban J connectivity index is 1.48. The van der Waals surface area contributed by atoms with Crippen molar-refractivity contribution < 1.29 is 23.9 Å². The number of nitrogens with one attached hydrogen (secondary N) is 1. The van der Waals surface area contributed by atoms with Gasteiger partial charge in [0, 0.05) is 5.69 Å². The maximum absolute atomic E-state index is 12.9. The van der Waals surface area contributed by atoms with Gasteiger partial charge in [0.2, 0.25) is 5.91 Å². The van der Waals surface area contributed by atoms with Crippen LogP contribution in [-0.2, 0) is 16.2 Å². The number of rotatable bonds is 8. The van der Waals surface area contributed by atoms with Crippen molar-refractivity contribution in [3.63, 3.8) is 0 Å². The van der Waals surface area contributed by atoms with E-state index >= 15 is 0 Å². The predicted molar refractivity (Wildman–Crippen MR) is 141 cm³/mol. The molecule has 0 aromatic heterocycles. The molecule has 0 radical (unpaired) electrons. The third-order valence-electron chi connectivity index (χ3n) is 5.42. The SMILES string of the molecule is COc1cc(/C=C2\SC(=O)N(CC(=O)Nc3ccccc3)C2=O)cc(Cl)c1OCc1ccccc1C. The topological polar surface area (TPSA) is 84.9 Å². The minimum absolute atomic E-state index is 0.180. The highest BCUT2D eigenvalue weighted by atomic mass is 35.5. The second-order valence-corrected chi connectivity index (χ2v) is 9.33. The van der Waals surface area contributed by atoms with E-state index in [2.05, 4.69) is 5.32 Å². The van der Waals surface area contributed by atoms with E-state index in [1.807, 2.05) is 37.3 Å². The molecule has 4 rings (SSSR count). The average Bonchev–Trinajstić information content (AvgIpc) is 3.11. The lowest BCUT2D eigenvalue weighted by atomic mass is 10.1. The summed E-state index contributed by atoms with van der Waals surface area (Å²) < 4.78 is 11.4. The lowest BCUT2D eigenvalue weighted by molar-refractivity contribution is -0.127. The highest BCUT2D eigenvalue weighted by Crippen LogP contribution is 2.39. The van der Waals surface area contributed by atoms with Gasteiger partial charge in [0.15, 0.2) is 11.5 Å². The van der Waals surface area contributed by atoms with Gasteiger partial charge in [-0.2, -0.15) is 0 Å². The summed E-state index contributed by atoms with van der Waals surface area (Å²) in [5, 5.41) is 2.45. The van der Waals surface area contributed by atoms with Crippen molar-refractivity contribution in [2.45, 2.75) is 13.5 Å². The summed E-state index contributed by atoms with van der Waals surface area (Å²) in [6.45, 7) is 1.93. The van der Waals surface area contributed by atoms with Crippen LogP contribution in [0.1, 0.15) is 16.7 Å².